The van der Waals surface area contributed by atoms with Crippen molar-refractivity contribution < 1.29 is 23.2 Å². The third-order valence-corrected chi connectivity index (χ3v) is 3.97. The second-order valence-electron chi connectivity index (χ2n) is 6.05. The van der Waals surface area contributed by atoms with E-state index in [4.69, 9.17) is 15.0 Å². The number of nitrogens with two attached hydrogens (primary N) is 1. The van der Waals surface area contributed by atoms with Crippen molar-refractivity contribution >= 4 is 18.7 Å². The van der Waals surface area contributed by atoms with Crippen molar-refractivity contribution in [3.8, 4) is 0 Å². The highest BCUT2D eigenvalue weighted by molar-refractivity contribution is 6.62. The highest BCUT2D eigenvalue weighted by atomic mass is 19.1. The topological polar surface area (TPSA) is 70.8 Å². The third-order valence-electron chi connectivity index (χ3n) is 3.97. The number of carbonyl (C=O) groups excluding carboxylic acids is 1. The average Bonchev–Trinajstić information content (AvgIpc) is 2.56. The lowest BCUT2D eigenvalue weighted by molar-refractivity contribution is 0.00578. The van der Waals surface area contributed by atoms with Crippen LogP contribution in [0, 0.1) is 5.82 Å². The Morgan fingerprint density at radius 3 is 2.33 bits per heavy atom. The van der Waals surface area contributed by atoms with Crippen LogP contribution in [0.5, 0.6) is 0 Å². The predicted octanol–water partition coefficient (Wildman–Crippen LogP) is 1.72. The molecule has 21 heavy (non-hydrogen) atoms. The van der Waals surface area contributed by atoms with Gasteiger partial charge in [0.1, 0.15) is 12.4 Å². The molecule has 1 heterocycles. The van der Waals surface area contributed by atoms with Crippen LogP contribution in [0.25, 0.3) is 0 Å². The molecule has 1 saturated heterocycles. The van der Waals surface area contributed by atoms with Crippen LogP contribution >= 0.6 is 0 Å². The van der Waals surface area contributed by atoms with Gasteiger partial charge >= 0.3 is 13.2 Å². The van der Waals surface area contributed by atoms with Crippen LogP contribution in [0.3, 0.4) is 0 Å². The smallest absolute Gasteiger partial charge is 0.445 e. The lowest BCUT2D eigenvalue weighted by atomic mass is 9.79. The first-order valence-electron chi connectivity index (χ1n) is 6.68. The van der Waals surface area contributed by atoms with Crippen LogP contribution in [-0.4, -0.2) is 24.4 Å². The molecule has 0 bridgehead atoms. The van der Waals surface area contributed by atoms with E-state index >= 15 is 0 Å². The minimum Gasteiger partial charge on any atom is -0.445 e. The lowest BCUT2D eigenvalue weighted by Crippen LogP contribution is -2.41. The van der Waals surface area contributed by atoms with Gasteiger partial charge in [-0.2, -0.15) is 0 Å². The summed E-state index contributed by atoms with van der Waals surface area (Å²) in [4.78, 5) is 10.5. The molecule has 0 aliphatic carbocycles. The third kappa shape index (κ3) is 3.19. The first kappa shape index (κ1) is 15.8. The van der Waals surface area contributed by atoms with E-state index in [1.54, 1.807) is 6.07 Å². The van der Waals surface area contributed by atoms with Crippen molar-refractivity contribution in [2.45, 2.75) is 45.5 Å². The number of carbonyl (C=O) groups is 1. The van der Waals surface area contributed by atoms with Gasteiger partial charge in [0.25, 0.3) is 0 Å². The Balaban J connectivity index is 2.16. The van der Waals surface area contributed by atoms with Crippen molar-refractivity contribution in [1.82, 2.24) is 0 Å². The molecule has 1 fully saturated rings. The monoisotopic (exact) mass is 295 g/mol. The minimum absolute atomic E-state index is 0.204. The molecule has 1 aliphatic rings. The van der Waals surface area contributed by atoms with Gasteiger partial charge in [-0.25, -0.2) is 9.18 Å². The maximum absolute atomic E-state index is 14.0. The van der Waals surface area contributed by atoms with Gasteiger partial charge < -0.3 is 19.8 Å². The van der Waals surface area contributed by atoms with Gasteiger partial charge in [0, 0.05) is 5.56 Å². The summed E-state index contributed by atoms with van der Waals surface area (Å²) >= 11 is 0. The minimum atomic E-state index is -0.940. The largest absolute Gasteiger partial charge is 0.494 e. The summed E-state index contributed by atoms with van der Waals surface area (Å²) in [5.41, 5.74) is 4.71. The number of hydrogen-bond donors (Lipinski definition) is 1. The van der Waals surface area contributed by atoms with Crippen LogP contribution in [0.2, 0.25) is 0 Å². The summed E-state index contributed by atoms with van der Waals surface area (Å²) in [6, 6.07) is 4.53. The fourth-order valence-corrected chi connectivity index (χ4v) is 1.96. The zero-order valence-corrected chi connectivity index (χ0v) is 12.6. The van der Waals surface area contributed by atoms with E-state index in [1.165, 1.54) is 12.1 Å². The van der Waals surface area contributed by atoms with E-state index in [0.29, 0.717) is 5.46 Å². The van der Waals surface area contributed by atoms with Crippen molar-refractivity contribution in [1.29, 1.82) is 0 Å². The fraction of sp³-hybridized carbons (Fsp3) is 0.500. The van der Waals surface area contributed by atoms with Gasteiger partial charge in [0.15, 0.2) is 0 Å². The first-order chi connectivity index (χ1) is 9.62. The summed E-state index contributed by atoms with van der Waals surface area (Å²) in [5.74, 6) is -0.497. The van der Waals surface area contributed by atoms with Gasteiger partial charge in [0.2, 0.25) is 0 Å². The number of amides is 1. The Kier molecular flexibility index (Phi) is 3.99. The Labute approximate surface area is 123 Å². The van der Waals surface area contributed by atoms with E-state index in [0.717, 1.165) is 0 Å². The van der Waals surface area contributed by atoms with Gasteiger partial charge in [-0.3, -0.25) is 0 Å². The molecule has 0 radical (unpaired) electrons. The number of ether oxygens (including phenoxy) is 1. The molecule has 0 saturated carbocycles. The molecule has 0 aromatic heterocycles. The maximum Gasteiger partial charge on any atom is 0.494 e. The Morgan fingerprint density at radius 1 is 1.29 bits per heavy atom. The maximum atomic E-state index is 14.0. The second kappa shape index (κ2) is 5.31. The SMILES string of the molecule is CC1(C)OB(c2ccc(COC(N)=O)c(F)c2)OC1(C)C. The van der Waals surface area contributed by atoms with Crippen LogP contribution in [0.1, 0.15) is 33.3 Å². The molecular formula is C14H19BFNO4. The van der Waals surface area contributed by atoms with Crippen LogP contribution < -0.4 is 11.2 Å². The molecule has 0 spiro atoms. The summed E-state index contributed by atoms with van der Waals surface area (Å²) < 4.78 is 30.3. The molecule has 1 aliphatic heterocycles. The molecule has 7 heteroatoms. The molecule has 1 amide bonds. The summed E-state index contributed by atoms with van der Waals surface area (Å²) in [6.45, 7) is 7.51. The highest BCUT2D eigenvalue weighted by Gasteiger charge is 2.51. The Morgan fingerprint density at radius 2 is 1.86 bits per heavy atom. The number of halogens is 1. The molecule has 1 aromatic carbocycles. The Hall–Kier alpha value is -1.60. The van der Waals surface area contributed by atoms with Gasteiger partial charge in [-0.1, -0.05) is 12.1 Å². The van der Waals surface area contributed by atoms with Crippen LogP contribution in [0.4, 0.5) is 9.18 Å². The van der Waals surface area contributed by atoms with E-state index < -0.39 is 30.2 Å². The van der Waals surface area contributed by atoms with Crippen molar-refractivity contribution in [2.24, 2.45) is 5.73 Å². The molecule has 2 N–H and O–H groups in total. The molecule has 114 valence electrons. The highest BCUT2D eigenvalue weighted by Crippen LogP contribution is 2.36. The number of primary amides is 1. The molecule has 0 atom stereocenters. The average molecular weight is 295 g/mol. The van der Waals surface area contributed by atoms with Crippen LogP contribution in [-0.2, 0) is 20.7 Å². The van der Waals surface area contributed by atoms with E-state index in [1.807, 2.05) is 27.7 Å². The van der Waals surface area contributed by atoms with Crippen molar-refractivity contribution in [3.05, 3.63) is 29.6 Å². The quantitative estimate of drug-likeness (QED) is 0.862. The van der Waals surface area contributed by atoms with E-state index in [-0.39, 0.29) is 12.2 Å². The molecule has 2 rings (SSSR count). The zero-order chi connectivity index (χ0) is 15.8. The summed E-state index contributed by atoms with van der Waals surface area (Å²) in [7, 11) is -0.629. The number of hydrogen-bond acceptors (Lipinski definition) is 4. The van der Waals surface area contributed by atoms with Gasteiger partial charge in [-0.05, 0) is 39.2 Å². The normalized spacial score (nSPS) is 19.6. The fourth-order valence-electron chi connectivity index (χ4n) is 1.96. The molecule has 5 nitrogen and oxygen atoms in total. The van der Waals surface area contributed by atoms with Crippen molar-refractivity contribution in [2.75, 3.05) is 0 Å². The van der Waals surface area contributed by atoms with Gasteiger partial charge in [0.05, 0.1) is 11.2 Å². The lowest BCUT2D eigenvalue weighted by Gasteiger charge is -2.32. The molecule has 0 unspecified atom stereocenters. The van der Waals surface area contributed by atoms with Crippen molar-refractivity contribution in [3.63, 3.8) is 0 Å². The van der Waals surface area contributed by atoms with E-state index in [9.17, 15) is 9.18 Å². The summed E-state index contributed by atoms with van der Waals surface area (Å²) in [6.07, 6.45) is -0.940. The van der Waals surface area contributed by atoms with Crippen LogP contribution in [0.15, 0.2) is 18.2 Å². The Bertz CT molecular complexity index is 546. The standard InChI is InChI=1S/C14H19BFNO4/c1-13(2)14(3,4)21-15(20-13)10-6-5-9(11(16)7-10)8-19-12(17)18/h5-7H,8H2,1-4H3,(H2,17,18). The molecule has 1 aromatic rings. The zero-order valence-electron chi connectivity index (χ0n) is 12.6. The van der Waals surface area contributed by atoms with E-state index in [2.05, 4.69) is 4.74 Å². The number of benzene rings is 1. The first-order valence-corrected chi connectivity index (χ1v) is 6.68. The predicted molar refractivity (Wildman–Crippen MR) is 76.5 cm³/mol. The van der Waals surface area contributed by atoms with Gasteiger partial charge in [-0.15, -0.1) is 0 Å². The summed E-state index contributed by atoms with van der Waals surface area (Å²) in [5, 5.41) is 0. The second-order valence-corrected chi connectivity index (χ2v) is 6.05. The molecular weight excluding hydrogens is 276 g/mol. The number of rotatable bonds is 3.